The van der Waals surface area contributed by atoms with E-state index in [4.69, 9.17) is 4.74 Å². The van der Waals surface area contributed by atoms with Crippen LogP contribution in [0, 0.1) is 5.82 Å². The molecule has 2 aromatic carbocycles. The molecule has 0 aliphatic carbocycles. The number of aromatic hydroxyl groups is 1. The second kappa shape index (κ2) is 8.49. The average molecular weight is 372 g/mol. The molecule has 0 aromatic heterocycles. The molecule has 0 aliphatic rings. The van der Waals surface area contributed by atoms with Crippen LogP contribution in [0.5, 0.6) is 11.5 Å². The van der Waals surface area contributed by atoms with Crippen LogP contribution in [0.15, 0.2) is 42.0 Å². The summed E-state index contributed by atoms with van der Waals surface area (Å²) in [5, 5.41) is 19.7. The summed E-state index contributed by atoms with van der Waals surface area (Å²) in [6, 6.07) is 6.25. The SMILES string of the molecule is COc1cc(O)c(C(=O)O)c(CC(=O)c2ccc(F)cc2)c1CC=C(C)C. The number of hydrogen-bond acceptors (Lipinski definition) is 4. The van der Waals surface area contributed by atoms with Crippen molar-refractivity contribution in [2.24, 2.45) is 0 Å². The van der Waals surface area contributed by atoms with Crippen molar-refractivity contribution < 1.29 is 28.9 Å². The maximum absolute atomic E-state index is 13.1. The third-order valence-electron chi connectivity index (χ3n) is 4.14. The number of hydrogen-bond donors (Lipinski definition) is 2. The lowest BCUT2D eigenvalue weighted by molar-refractivity contribution is 0.0692. The van der Waals surface area contributed by atoms with Crippen molar-refractivity contribution in [1.29, 1.82) is 0 Å². The molecule has 2 N–H and O–H groups in total. The number of methoxy groups -OCH3 is 1. The average Bonchev–Trinajstić information content (AvgIpc) is 2.60. The first-order chi connectivity index (χ1) is 12.7. The van der Waals surface area contributed by atoms with E-state index in [9.17, 15) is 24.2 Å². The highest BCUT2D eigenvalue weighted by Gasteiger charge is 2.24. The Hall–Kier alpha value is -3.15. The van der Waals surface area contributed by atoms with Gasteiger partial charge in [-0.15, -0.1) is 0 Å². The third kappa shape index (κ3) is 4.73. The molecule has 0 amide bonds. The minimum Gasteiger partial charge on any atom is -0.507 e. The number of rotatable bonds is 7. The Morgan fingerprint density at radius 1 is 1.15 bits per heavy atom. The normalized spacial score (nSPS) is 10.4. The number of aromatic carboxylic acids is 1. The molecule has 0 fully saturated rings. The Balaban J connectivity index is 2.60. The molecule has 0 unspecified atom stereocenters. The van der Waals surface area contributed by atoms with Gasteiger partial charge in [0.25, 0.3) is 0 Å². The molecule has 0 atom stereocenters. The van der Waals surface area contributed by atoms with Crippen molar-refractivity contribution in [3.05, 3.63) is 70.1 Å². The highest BCUT2D eigenvalue weighted by molar-refractivity contribution is 6.01. The van der Waals surface area contributed by atoms with Crippen molar-refractivity contribution in [3.8, 4) is 11.5 Å². The van der Waals surface area contributed by atoms with Gasteiger partial charge in [-0.1, -0.05) is 11.6 Å². The summed E-state index contributed by atoms with van der Waals surface area (Å²) in [5.74, 6) is -2.36. The van der Waals surface area contributed by atoms with Gasteiger partial charge in [0.2, 0.25) is 0 Å². The van der Waals surface area contributed by atoms with Crippen LogP contribution in [0.25, 0.3) is 0 Å². The van der Waals surface area contributed by atoms with Gasteiger partial charge in [0.15, 0.2) is 5.78 Å². The number of ketones is 1. The summed E-state index contributed by atoms with van der Waals surface area (Å²) in [6.07, 6.45) is 1.97. The van der Waals surface area contributed by atoms with Gasteiger partial charge in [-0.3, -0.25) is 4.79 Å². The lowest BCUT2D eigenvalue weighted by Crippen LogP contribution is -2.13. The van der Waals surface area contributed by atoms with E-state index in [1.165, 1.54) is 37.4 Å². The molecule has 0 saturated carbocycles. The minimum absolute atomic E-state index is 0.186. The van der Waals surface area contributed by atoms with E-state index in [0.717, 1.165) is 5.57 Å². The Morgan fingerprint density at radius 3 is 2.30 bits per heavy atom. The van der Waals surface area contributed by atoms with Gasteiger partial charge in [0.1, 0.15) is 22.9 Å². The third-order valence-corrected chi connectivity index (χ3v) is 4.14. The molecule has 0 radical (unpaired) electrons. The van der Waals surface area contributed by atoms with Crippen LogP contribution in [0.3, 0.4) is 0 Å². The van der Waals surface area contributed by atoms with Gasteiger partial charge in [-0.2, -0.15) is 0 Å². The second-order valence-electron chi connectivity index (χ2n) is 6.33. The molecule has 2 rings (SSSR count). The summed E-state index contributed by atoms with van der Waals surface area (Å²) in [4.78, 5) is 24.4. The van der Waals surface area contributed by atoms with Crippen molar-refractivity contribution >= 4 is 11.8 Å². The molecule has 2 aromatic rings. The number of carbonyl (C=O) groups is 2. The van der Waals surface area contributed by atoms with Crippen molar-refractivity contribution in [2.75, 3.05) is 7.11 Å². The Bertz CT molecular complexity index is 894. The standard InChI is InChI=1S/C21H21FO5/c1-12(2)4-9-15-16(10-17(23)13-5-7-14(22)8-6-13)20(21(25)26)18(24)11-19(15)27-3/h4-8,11,24H,9-10H2,1-3H3,(H,25,26). The van der Waals surface area contributed by atoms with E-state index >= 15 is 0 Å². The van der Waals surface area contributed by atoms with Crippen LogP contribution >= 0.6 is 0 Å². The maximum Gasteiger partial charge on any atom is 0.339 e. The topological polar surface area (TPSA) is 83.8 Å². The van der Waals surface area contributed by atoms with Crippen LogP contribution in [0.2, 0.25) is 0 Å². The number of phenols is 1. The summed E-state index contributed by atoms with van der Waals surface area (Å²) in [5.41, 5.74) is 1.64. The zero-order valence-corrected chi connectivity index (χ0v) is 15.4. The molecule has 5 nitrogen and oxygen atoms in total. The van der Waals surface area contributed by atoms with Crippen LogP contribution in [0.4, 0.5) is 4.39 Å². The largest absolute Gasteiger partial charge is 0.507 e. The van der Waals surface area contributed by atoms with Gasteiger partial charge in [0.05, 0.1) is 7.11 Å². The van der Waals surface area contributed by atoms with E-state index in [1.807, 2.05) is 19.9 Å². The lowest BCUT2D eigenvalue weighted by atomic mass is 9.91. The first-order valence-corrected chi connectivity index (χ1v) is 8.31. The molecule has 6 heteroatoms. The van der Waals surface area contributed by atoms with E-state index in [-0.39, 0.29) is 28.9 Å². The molecule has 0 heterocycles. The lowest BCUT2D eigenvalue weighted by Gasteiger charge is -2.17. The molecular formula is C21H21FO5. The van der Waals surface area contributed by atoms with Crippen LogP contribution < -0.4 is 4.74 Å². The number of carboxylic acids is 1. The predicted molar refractivity (Wildman–Crippen MR) is 99.2 cm³/mol. The second-order valence-corrected chi connectivity index (χ2v) is 6.33. The molecule has 0 aliphatic heterocycles. The first-order valence-electron chi connectivity index (χ1n) is 8.31. The van der Waals surface area contributed by atoms with Crippen molar-refractivity contribution in [3.63, 3.8) is 0 Å². The number of benzene rings is 2. The molecule has 27 heavy (non-hydrogen) atoms. The number of ether oxygens (including phenoxy) is 1. The molecule has 0 spiro atoms. The fourth-order valence-electron chi connectivity index (χ4n) is 2.78. The van der Waals surface area contributed by atoms with E-state index in [2.05, 4.69) is 0 Å². The van der Waals surface area contributed by atoms with Gasteiger partial charge in [0, 0.05) is 23.6 Å². The Kier molecular flexibility index (Phi) is 6.34. The highest BCUT2D eigenvalue weighted by atomic mass is 19.1. The number of halogens is 1. The Morgan fingerprint density at radius 2 is 1.78 bits per heavy atom. The van der Waals surface area contributed by atoms with Crippen molar-refractivity contribution in [1.82, 2.24) is 0 Å². The predicted octanol–water partition coefficient (Wildman–Crippen LogP) is 4.17. The zero-order chi connectivity index (χ0) is 20.1. The summed E-state index contributed by atoms with van der Waals surface area (Å²) in [7, 11) is 1.41. The first kappa shape index (κ1) is 20.2. The smallest absolute Gasteiger partial charge is 0.339 e. The number of carbonyl (C=O) groups excluding carboxylic acids is 1. The molecule has 0 saturated heterocycles. The van der Waals surface area contributed by atoms with Crippen LogP contribution in [-0.4, -0.2) is 29.1 Å². The van der Waals surface area contributed by atoms with Gasteiger partial charge < -0.3 is 14.9 Å². The summed E-state index contributed by atoms with van der Waals surface area (Å²) in [6.45, 7) is 3.79. The van der Waals surface area contributed by atoms with Gasteiger partial charge in [-0.05, 0) is 50.1 Å². The van der Waals surface area contributed by atoms with E-state index in [1.54, 1.807) is 0 Å². The van der Waals surface area contributed by atoms with Gasteiger partial charge in [-0.25, -0.2) is 9.18 Å². The molecule has 142 valence electrons. The fraction of sp³-hybridized carbons (Fsp3) is 0.238. The minimum atomic E-state index is -1.34. The highest BCUT2D eigenvalue weighted by Crippen LogP contribution is 2.35. The number of carboxylic acid groups (broad SMARTS) is 1. The maximum atomic E-state index is 13.1. The fourth-order valence-corrected chi connectivity index (χ4v) is 2.78. The van der Waals surface area contributed by atoms with Crippen molar-refractivity contribution in [2.45, 2.75) is 26.7 Å². The number of Topliss-reactive ketones (excluding diaryl/α,β-unsaturated/α-hetero) is 1. The summed E-state index contributed by atoms with van der Waals surface area (Å²) < 4.78 is 18.4. The molecule has 0 bridgehead atoms. The Labute approximate surface area is 156 Å². The number of allylic oxidation sites excluding steroid dienone is 2. The van der Waals surface area contributed by atoms with Crippen LogP contribution in [0.1, 0.15) is 45.7 Å². The van der Waals surface area contributed by atoms with E-state index < -0.39 is 17.5 Å². The van der Waals surface area contributed by atoms with E-state index in [0.29, 0.717) is 17.7 Å². The zero-order valence-electron chi connectivity index (χ0n) is 15.4. The van der Waals surface area contributed by atoms with Crippen LogP contribution in [-0.2, 0) is 12.8 Å². The summed E-state index contributed by atoms with van der Waals surface area (Å²) >= 11 is 0. The quantitative estimate of drug-likeness (QED) is 0.563. The molecular weight excluding hydrogens is 351 g/mol. The van der Waals surface area contributed by atoms with Gasteiger partial charge >= 0.3 is 5.97 Å². The monoisotopic (exact) mass is 372 g/mol.